The lowest BCUT2D eigenvalue weighted by Crippen LogP contribution is -2.58. The van der Waals surface area contributed by atoms with Gasteiger partial charge >= 0.3 is 5.97 Å². The van der Waals surface area contributed by atoms with Gasteiger partial charge in [-0.05, 0) is 74.0 Å². The molecule has 3 amide bonds. The van der Waals surface area contributed by atoms with Gasteiger partial charge in [0, 0.05) is 23.1 Å². The lowest BCUT2D eigenvalue weighted by molar-refractivity contribution is -0.153. The van der Waals surface area contributed by atoms with E-state index in [9.17, 15) is 27.6 Å². The average molecular weight is 776 g/mol. The highest BCUT2D eigenvalue weighted by atomic mass is 32.2. The third kappa shape index (κ3) is 7.00. The molecule has 3 saturated carbocycles. The van der Waals surface area contributed by atoms with Gasteiger partial charge in [0.25, 0.3) is 5.91 Å². The maximum absolute atomic E-state index is 14.8. The molecule has 54 heavy (non-hydrogen) atoms. The van der Waals surface area contributed by atoms with E-state index >= 15 is 0 Å². The summed E-state index contributed by atoms with van der Waals surface area (Å²) in [7, 11) is -3.87. The van der Waals surface area contributed by atoms with Crippen LogP contribution in [0.1, 0.15) is 94.0 Å². The number of sulfonamides is 1. The van der Waals surface area contributed by atoms with Crippen molar-refractivity contribution in [1.29, 1.82) is 0 Å². The number of fused-ring (bicyclic) bond motifs is 5. The molecule has 0 radical (unpaired) electrons. The van der Waals surface area contributed by atoms with E-state index < -0.39 is 62.6 Å². The van der Waals surface area contributed by atoms with Crippen molar-refractivity contribution < 1.29 is 32.3 Å². The van der Waals surface area contributed by atoms with E-state index in [-0.39, 0.29) is 42.6 Å². The number of carbonyl (C=O) groups excluding carboxylic acids is 4. The quantitative estimate of drug-likeness (QED) is 0.273. The molecule has 4 fully saturated rings. The van der Waals surface area contributed by atoms with Crippen LogP contribution in [0, 0.1) is 17.8 Å². The van der Waals surface area contributed by atoms with Crippen molar-refractivity contribution in [2.75, 3.05) is 11.9 Å². The summed E-state index contributed by atoms with van der Waals surface area (Å²) in [5.74, 6) is -2.93. The monoisotopic (exact) mass is 775 g/mol. The molecule has 3 heterocycles. The minimum Gasteiger partial charge on any atom is -0.460 e. The second-order valence-electron chi connectivity index (χ2n) is 16.8. The van der Waals surface area contributed by atoms with Crippen molar-refractivity contribution in [2.45, 2.75) is 119 Å². The molecular formula is C40H49N5O7S2. The van der Waals surface area contributed by atoms with E-state index in [0.29, 0.717) is 30.8 Å². The number of esters is 1. The largest absolute Gasteiger partial charge is 0.460 e. The number of thiazole rings is 1. The molecular weight excluding hydrogens is 727 g/mol. The lowest BCUT2D eigenvalue weighted by Gasteiger charge is -2.32. The van der Waals surface area contributed by atoms with Crippen LogP contribution in [0.15, 0.2) is 42.3 Å². The third-order valence-corrected chi connectivity index (χ3v) is 15.1. The molecule has 12 nitrogen and oxygen atoms in total. The average Bonchev–Trinajstić information content (AvgIpc) is 3.74. The number of allylic oxidation sites excluding steroid dienone is 1. The van der Waals surface area contributed by atoms with Crippen molar-refractivity contribution in [1.82, 2.24) is 19.9 Å². The number of ether oxygens (including phenoxy) is 1. The highest BCUT2D eigenvalue weighted by Crippen LogP contribution is 2.46. The molecule has 8 rings (SSSR count). The fourth-order valence-corrected chi connectivity index (χ4v) is 11.2. The minimum atomic E-state index is -3.87. The van der Waals surface area contributed by atoms with Crippen LogP contribution in [0.4, 0.5) is 5.13 Å². The highest BCUT2D eigenvalue weighted by Gasteiger charge is 2.62. The number of aromatic nitrogens is 1. The van der Waals surface area contributed by atoms with E-state index in [1.807, 2.05) is 11.4 Å². The predicted octanol–water partition coefficient (Wildman–Crippen LogP) is 4.41. The Morgan fingerprint density at radius 3 is 2.63 bits per heavy atom. The number of nitrogens with zero attached hydrogens (tertiary/aromatic N) is 2. The number of hydrogen-bond donors (Lipinski definition) is 3. The number of carbonyl (C=O) groups is 4. The molecule has 6 atom stereocenters. The van der Waals surface area contributed by atoms with Crippen molar-refractivity contribution in [3.05, 3.63) is 64.7 Å². The van der Waals surface area contributed by atoms with Gasteiger partial charge in [0.05, 0.1) is 23.4 Å². The van der Waals surface area contributed by atoms with Crippen molar-refractivity contribution in [3.8, 4) is 0 Å². The minimum absolute atomic E-state index is 0.00348. The number of nitrogens with one attached hydrogen (secondary N) is 3. The summed E-state index contributed by atoms with van der Waals surface area (Å²) in [5, 5.41) is 8.37. The van der Waals surface area contributed by atoms with E-state index in [0.717, 1.165) is 54.5 Å². The Morgan fingerprint density at radius 1 is 1.13 bits per heavy atom. The Kier molecular flexibility index (Phi) is 9.51. The highest BCUT2D eigenvalue weighted by molar-refractivity contribution is 7.91. The van der Waals surface area contributed by atoms with E-state index in [2.05, 4.69) is 60.1 Å². The molecule has 288 valence electrons. The van der Waals surface area contributed by atoms with Crippen LogP contribution < -0.4 is 15.4 Å². The molecule has 1 aromatic heterocycles. The zero-order chi connectivity index (χ0) is 38.0. The Hall–Kier alpha value is -4.04. The van der Waals surface area contributed by atoms with Gasteiger partial charge in [-0.1, -0.05) is 63.1 Å². The van der Waals surface area contributed by atoms with Gasteiger partial charge in [-0.3, -0.25) is 23.9 Å². The molecule has 6 aliphatic rings. The zero-order valence-electron chi connectivity index (χ0n) is 30.8. The van der Waals surface area contributed by atoms with Crippen molar-refractivity contribution in [2.24, 2.45) is 17.8 Å². The number of benzene rings is 1. The van der Waals surface area contributed by atoms with Gasteiger partial charge in [0.15, 0.2) is 5.13 Å². The molecule has 6 bridgehead atoms. The van der Waals surface area contributed by atoms with Crippen LogP contribution in [0.25, 0.3) is 6.08 Å². The SMILES string of the molecule is C=C[C@@H]1C[C@]1(NC(=O)[C@@H]1C[C@@H]2CN1C(=O)[C@H](C1CCCC1)Nc1nc(cs1)C(C)(C)C/C=C/c1cccc3c1CC(C3)C(=O)O2)C(=O)NS(=O)(=O)C1CC1. The molecule has 1 aromatic carbocycles. The van der Waals surface area contributed by atoms with Crippen LogP contribution in [0.3, 0.4) is 0 Å². The van der Waals surface area contributed by atoms with Crippen LogP contribution in [0.2, 0.25) is 0 Å². The normalized spacial score (nSPS) is 31.4. The second-order valence-corrected chi connectivity index (χ2v) is 19.6. The summed E-state index contributed by atoms with van der Waals surface area (Å²) < 4.78 is 33.8. The van der Waals surface area contributed by atoms with Crippen molar-refractivity contribution in [3.63, 3.8) is 0 Å². The van der Waals surface area contributed by atoms with Crippen molar-refractivity contribution >= 4 is 56.3 Å². The van der Waals surface area contributed by atoms with Crippen LogP contribution in [-0.2, 0) is 52.2 Å². The Bertz CT molecular complexity index is 2020. The first-order valence-corrected chi connectivity index (χ1v) is 21.7. The molecule has 2 aromatic rings. The topological polar surface area (TPSA) is 164 Å². The Balaban J connectivity index is 1.12. The standard InChI is InChI=1S/C40H49N5O7S2/c1-4-27-20-40(27,37(49)44-54(50,51)29-14-15-29)43-34(46)31-19-28-21-45(31)35(47)33(24-9-5-6-10-24)42-38-41-32(22-53-38)39(2,3)16-8-13-23-11-7-12-25-17-26(18-30(23)25)36(48)52-28/h4,7-8,11-13,22,24,26-29,31,33H,1,5-6,9-10,14-21H2,2-3H3,(H,41,42)(H,43,46)(H,44,49)/b13-8+/t26?,27-,28-,31+,33+,40-/m1/s1. The molecule has 14 heteroatoms. The first-order chi connectivity index (χ1) is 25.8. The third-order valence-electron chi connectivity index (χ3n) is 12.5. The number of hydrogen-bond acceptors (Lipinski definition) is 10. The number of anilines is 1. The molecule has 0 spiro atoms. The summed E-state index contributed by atoms with van der Waals surface area (Å²) in [6.07, 6.45) is 11.7. The smallest absolute Gasteiger partial charge is 0.309 e. The van der Waals surface area contributed by atoms with Gasteiger partial charge in [-0.15, -0.1) is 17.9 Å². The van der Waals surface area contributed by atoms with E-state index in [4.69, 9.17) is 9.72 Å². The summed E-state index contributed by atoms with van der Waals surface area (Å²) in [6, 6.07) is 4.39. The molecule has 2 aliphatic heterocycles. The summed E-state index contributed by atoms with van der Waals surface area (Å²) in [4.78, 5) is 63.1. The first-order valence-electron chi connectivity index (χ1n) is 19.3. The summed E-state index contributed by atoms with van der Waals surface area (Å²) in [5.41, 5.74) is 2.43. The molecule has 1 unspecified atom stereocenters. The van der Waals surface area contributed by atoms with E-state index in [1.165, 1.54) is 22.3 Å². The molecule has 1 saturated heterocycles. The predicted molar refractivity (Wildman–Crippen MR) is 205 cm³/mol. The zero-order valence-corrected chi connectivity index (χ0v) is 32.5. The molecule has 4 aliphatic carbocycles. The summed E-state index contributed by atoms with van der Waals surface area (Å²) in [6.45, 7) is 8.12. The van der Waals surface area contributed by atoms with Gasteiger partial charge < -0.3 is 20.3 Å². The lowest BCUT2D eigenvalue weighted by atomic mass is 9.86. The fourth-order valence-electron chi connectivity index (χ4n) is 8.88. The Labute approximate surface area is 320 Å². The van der Waals surface area contributed by atoms with Crippen LogP contribution in [-0.4, -0.2) is 77.5 Å². The van der Waals surface area contributed by atoms with Gasteiger partial charge in [0.2, 0.25) is 21.8 Å². The number of rotatable bonds is 7. The number of amides is 3. The van der Waals surface area contributed by atoms with Crippen LogP contribution in [0.5, 0.6) is 0 Å². The fraction of sp³-hybridized carbons (Fsp3) is 0.575. The van der Waals surface area contributed by atoms with Gasteiger partial charge in [-0.2, -0.15) is 0 Å². The van der Waals surface area contributed by atoms with Gasteiger partial charge in [-0.25, -0.2) is 13.4 Å². The van der Waals surface area contributed by atoms with E-state index in [1.54, 1.807) is 0 Å². The second kappa shape index (κ2) is 13.9. The molecule has 3 N–H and O–H groups in total. The Morgan fingerprint density at radius 2 is 1.91 bits per heavy atom. The van der Waals surface area contributed by atoms with Gasteiger partial charge in [0.1, 0.15) is 23.7 Å². The maximum Gasteiger partial charge on any atom is 0.309 e. The summed E-state index contributed by atoms with van der Waals surface area (Å²) >= 11 is 1.45. The first kappa shape index (κ1) is 36.9. The van der Waals surface area contributed by atoms with Crippen LogP contribution >= 0.6 is 11.3 Å². The maximum atomic E-state index is 14.8.